The van der Waals surface area contributed by atoms with E-state index >= 15 is 0 Å². The molecule has 5 heteroatoms. The maximum atomic E-state index is 12.4. The molecule has 1 aromatic rings. The number of hydrogen-bond donors (Lipinski definition) is 1. The number of carbonyl (C=O) groups is 1. The van der Waals surface area contributed by atoms with Gasteiger partial charge in [0, 0.05) is 43.4 Å². The lowest BCUT2D eigenvalue weighted by molar-refractivity contribution is 0.0665. The Bertz CT molecular complexity index is 442. The number of halogens is 1. The van der Waals surface area contributed by atoms with Crippen LogP contribution in [0, 0.1) is 0 Å². The number of likely N-dealkylation sites (N-methyl/N-ethyl adjacent to an activating group) is 1. The van der Waals surface area contributed by atoms with Gasteiger partial charge in [0.25, 0.3) is 5.91 Å². The highest BCUT2D eigenvalue weighted by atomic mass is 79.9. The van der Waals surface area contributed by atoms with Crippen molar-refractivity contribution in [3.63, 3.8) is 0 Å². The van der Waals surface area contributed by atoms with Crippen molar-refractivity contribution in [2.24, 2.45) is 0 Å². The lowest BCUT2D eigenvalue weighted by Gasteiger charge is -2.32. The lowest BCUT2D eigenvalue weighted by atomic mass is 10.1. The van der Waals surface area contributed by atoms with E-state index in [1.54, 1.807) is 0 Å². The zero-order valence-corrected chi connectivity index (χ0v) is 12.3. The number of piperazine rings is 1. The molecular weight excluding hydrogens is 294 g/mol. The molecule has 0 bridgehead atoms. The van der Waals surface area contributed by atoms with Gasteiger partial charge < -0.3 is 15.1 Å². The Morgan fingerprint density at radius 3 is 2.56 bits per heavy atom. The van der Waals surface area contributed by atoms with Crippen molar-refractivity contribution < 1.29 is 4.79 Å². The van der Waals surface area contributed by atoms with Gasteiger partial charge in [0.2, 0.25) is 0 Å². The van der Waals surface area contributed by atoms with Crippen molar-refractivity contribution in [1.29, 1.82) is 0 Å². The summed E-state index contributed by atoms with van der Waals surface area (Å²) in [6.07, 6.45) is 0. The number of benzene rings is 1. The third-order valence-corrected chi connectivity index (χ3v) is 3.77. The van der Waals surface area contributed by atoms with Gasteiger partial charge in [-0.3, -0.25) is 4.79 Å². The molecule has 0 radical (unpaired) electrons. The summed E-state index contributed by atoms with van der Waals surface area (Å²) in [5.74, 6) is 0.111. The summed E-state index contributed by atoms with van der Waals surface area (Å²) in [5, 5.41) is 3.08. The van der Waals surface area contributed by atoms with E-state index in [0.29, 0.717) is 0 Å². The number of nitrogens with zero attached hydrogens (tertiary/aromatic N) is 2. The number of nitrogens with one attached hydrogen (secondary N) is 1. The second-order valence-corrected chi connectivity index (χ2v) is 5.45. The topological polar surface area (TPSA) is 35.6 Å². The zero-order chi connectivity index (χ0) is 13.1. The van der Waals surface area contributed by atoms with Crippen LogP contribution in [0.25, 0.3) is 0 Å². The van der Waals surface area contributed by atoms with Gasteiger partial charge in [0.15, 0.2) is 0 Å². The second kappa shape index (κ2) is 5.71. The first kappa shape index (κ1) is 13.4. The third-order valence-electron chi connectivity index (χ3n) is 3.27. The first-order chi connectivity index (χ1) is 8.61. The van der Waals surface area contributed by atoms with E-state index in [2.05, 4.69) is 33.2 Å². The number of hydrogen-bond acceptors (Lipinski definition) is 3. The zero-order valence-electron chi connectivity index (χ0n) is 10.7. The van der Waals surface area contributed by atoms with Gasteiger partial charge in [-0.15, -0.1) is 0 Å². The Hall–Kier alpha value is -1.07. The largest absolute Gasteiger partial charge is 0.387 e. The van der Waals surface area contributed by atoms with Gasteiger partial charge in [-0.1, -0.05) is 15.9 Å². The van der Waals surface area contributed by atoms with Gasteiger partial charge in [0.1, 0.15) is 0 Å². The van der Waals surface area contributed by atoms with Crippen LogP contribution in [0.2, 0.25) is 0 Å². The van der Waals surface area contributed by atoms with Crippen LogP contribution in [0.15, 0.2) is 22.7 Å². The summed E-state index contributed by atoms with van der Waals surface area (Å²) >= 11 is 3.42. The minimum Gasteiger partial charge on any atom is -0.387 e. The Kier molecular flexibility index (Phi) is 4.24. The SMILES string of the molecule is CNc1cc(Br)ccc1C(=O)N1CCN(C)CC1. The van der Waals surface area contributed by atoms with Crippen molar-refractivity contribution in [1.82, 2.24) is 9.80 Å². The monoisotopic (exact) mass is 311 g/mol. The van der Waals surface area contributed by atoms with E-state index in [4.69, 9.17) is 0 Å². The summed E-state index contributed by atoms with van der Waals surface area (Å²) in [7, 11) is 3.92. The highest BCUT2D eigenvalue weighted by Gasteiger charge is 2.22. The Morgan fingerprint density at radius 1 is 1.28 bits per heavy atom. The first-order valence-electron chi connectivity index (χ1n) is 6.07. The van der Waals surface area contributed by atoms with Crippen molar-refractivity contribution in [3.8, 4) is 0 Å². The fraction of sp³-hybridized carbons (Fsp3) is 0.462. The summed E-state index contributed by atoms with van der Waals surface area (Å²) in [5.41, 5.74) is 1.61. The highest BCUT2D eigenvalue weighted by Crippen LogP contribution is 2.22. The average Bonchev–Trinajstić information content (AvgIpc) is 2.38. The van der Waals surface area contributed by atoms with E-state index in [1.807, 2.05) is 30.1 Å². The minimum atomic E-state index is 0.111. The van der Waals surface area contributed by atoms with Crippen LogP contribution in [0.4, 0.5) is 5.69 Å². The maximum absolute atomic E-state index is 12.4. The molecule has 1 amide bonds. The molecule has 1 saturated heterocycles. The molecule has 0 atom stereocenters. The lowest BCUT2D eigenvalue weighted by Crippen LogP contribution is -2.47. The van der Waals surface area contributed by atoms with Crippen molar-refractivity contribution in [2.45, 2.75) is 0 Å². The van der Waals surface area contributed by atoms with Crippen molar-refractivity contribution in [2.75, 3.05) is 45.6 Å². The fourth-order valence-corrected chi connectivity index (χ4v) is 2.45. The predicted octanol–water partition coefficient (Wildman–Crippen LogP) is 1.88. The Balaban J connectivity index is 2.18. The summed E-state index contributed by atoms with van der Waals surface area (Å²) in [4.78, 5) is 16.6. The standard InChI is InChI=1S/C13H18BrN3O/c1-15-12-9-10(14)3-4-11(12)13(18)17-7-5-16(2)6-8-17/h3-4,9,15H,5-8H2,1-2H3. The molecule has 4 nitrogen and oxygen atoms in total. The molecule has 18 heavy (non-hydrogen) atoms. The maximum Gasteiger partial charge on any atom is 0.256 e. The summed E-state index contributed by atoms with van der Waals surface area (Å²) in [6, 6.07) is 5.71. The molecule has 2 rings (SSSR count). The van der Waals surface area contributed by atoms with Gasteiger partial charge in [-0.2, -0.15) is 0 Å². The van der Waals surface area contributed by atoms with E-state index in [0.717, 1.165) is 41.9 Å². The molecular formula is C13H18BrN3O. The molecule has 98 valence electrons. The summed E-state index contributed by atoms with van der Waals surface area (Å²) < 4.78 is 0.974. The van der Waals surface area contributed by atoms with Crippen LogP contribution in [0.1, 0.15) is 10.4 Å². The summed E-state index contributed by atoms with van der Waals surface area (Å²) in [6.45, 7) is 3.48. The quantitative estimate of drug-likeness (QED) is 0.906. The number of rotatable bonds is 2. The molecule has 0 aliphatic carbocycles. The number of anilines is 1. The second-order valence-electron chi connectivity index (χ2n) is 4.54. The molecule has 0 aromatic heterocycles. The molecule has 1 aliphatic rings. The van der Waals surface area contributed by atoms with E-state index in [1.165, 1.54) is 0 Å². The predicted molar refractivity (Wildman–Crippen MR) is 77.1 cm³/mol. The van der Waals surface area contributed by atoms with Crippen LogP contribution in [0.3, 0.4) is 0 Å². The van der Waals surface area contributed by atoms with Crippen molar-refractivity contribution in [3.05, 3.63) is 28.2 Å². The van der Waals surface area contributed by atoms with E-state index in [-0.39, 0.29) is 5.91 Å². The van der Waals surface area contributed by atoms with Crippen LogP contribution in [0.5, 0.6) is 0 Å². The van der Waals surface area contributed by atoms with Gasteiger partial charge in [0.05, 0.1) is 5.56 Å². The minimum absolute atomic E-state index is 0.111. The average molecular weight is 312 g/mol. The molecule has 1 aromatic carbocycles. The molecule has 1 aliphatic heterocycles. The van der Waals surface area contributed by atoms with Gasteiger partial charge in [-0.25, -0.2) is 0 Å². The number of amides is 1. The van der Waals surface area contributed by atoms with E-state index in [9.17, 15) is 4.79 Å². The molecule has 0 saturated carbocycles. The van der Waals surface area contributed by atoms with Gasteiger partial charge >= 0.3 is 0 Å². The fourth-order valence-electron chi connectivity index (χ4n) is 2.09. The van der Waals surface area contributed by atoms with Gasteiger partial charge in [-0.05, 0) is 25.2 Å². The number of carbonyl (C=O) groups excluding carboxylic acids is 1. The molecule has 0 unspecified atom stereocenters. The van der Waals surface area contributed by atoms with Crippen LogP contribution < -0.4 is 5.32 Å². The Labute approximate surface area is 116 Å². The molecule has 1 heterocycles. The third kappa shape index (κ3) is 2.84. The highest BCUT2D eigenvalue weighted by molar-refractivity contribution is 9.10. The smallest absolute Gasteiger partial charge is 0.256 e. The Morgan fingerprint density at radius 2 is 1.94 bits per heavy atom. The molecule has 0 spiro atoms. The normalized spacial score (nSPS) is 16.7. The molecule has 1 fully saturated rings. The first-order valence-corrected chi connectivity index (χ1v) is 6.86. The van der Waals surface area contributed by atoms with Crippen LogP contribution in [-0.2, 0) is 0 Å². The molecule has 1 N–H and O–H groups in total. The van der Waals surface area contributed by atoms with Crippen LogP contribution >= 0.6 is 15.9 Å². The van der Waals surface area contributed by atoms with E-state index < -0.39 is 0 Å². The van der Waals surface area contributed by atoms with Crippen LogP contribution in [-0.4, -0.2) is 56.0 Å². The van der Waals surface area contributed by atoms with Crippen molar-refractivity contribution >= 4 is 27.5 Å².